The Morgan fingerprint density at radius 3 is 3.00 bits per heavy atom. The number of carbonyl (C=O) groups excluding carboxylic acids is 1. The van der Waals surface area contributed by atoms with Gasteiger partial charge < -0.3 is 19.9 Å². The Labute approximate surface area is 164 Å². The van der Waals surface area contributed by atoms with Gasteiger partial charge in [-0.2, -0.15) is 0 Å². The van der Waals surface area contributed by atoms with Gasteiger partial charge in [0.25, 0.3) is 0 Å². The minimum atomic E-state index is -0.101. The standard InChI is InChI=1S/C21H23N5O2/c1-25(2)11-12-28-18-7-3-6-16-20(18)24-19(26-10-9-23-21(16)26)13-17(27)15-5-4-8-22-14-15/h3-8,13-14,24H,9-12H2,1-2H3/b19-13+. The average molecular weight is 377 g/mol. The summed E-state index contributed by atoms with van der Waals surface area (Å²) in [6, 6.07) is 9.46. The Morgan fingerprint density at radius 2 is 2.21 bits per heavy atom. The summed E-state index contributed by atoms with van der Waals surface area (Å²) >= 11 is 0. The molecule has 0 radical (unpaired) electrons. The van der Waals surface area contributed by atoms with Crippen LogP contribution in [-0.2, 0) is 0 Å². The molecule has 0 unspecified atom stereocenters. The number of amidine groups is 1. The van der Waals surface area contributed by atoms with Crippen molar-refractivity contribution in [2.75, 3.05) is 45.7 Å². The van der Waals surface area contributed by atoms with Gasteiger partial charge in [-0.3, -0.25) is 14.8 Å². The number of benzene rings is 1. The number of nitrogens with zero attached hydrogens (tertiary/aromatic N) is 4. The summed E-state index contributed by atoms with van der Waals surface area (Å²) in [5.74, 6) is 2.24. The van der Waals surface area contributed by atoms with E-state index >= 15 is 0 Å². The molecule has 0 amide bonds. The molecule has 2 aromatic rings. The fourth-order valence-electron chi connectivity index (χ4n) is 3.24. The smallest absolute Gasteiger partial charge is 0.191 e. The number of carbonyl (C=O) groups is 1. The highest BCUT2D eigenvalue weighted by molar-refractivity contribution is 6.11. The molecule has 0 spiro atoms. The van der Waals surface area contributed by atoms with E-state index < -0.39 is 0 Å². The number of aliphatic imine (C=N–C) groups is 1. The second-order valence-electron chi connectivity index (χ2n) is 6.95. The molecule has 7 nitrogen and oxygen atoms in total. The Morgan fingerprint density at radius 1 is 1.32 bits per heavy atom. The van der Waals surface area contributed by atoms with Crippen molar-refractivity contribution < 1.29 is 9.53 Å². The normalized spacial score (nSPS) is 16.5. The molecule has 2 aliphatic heterocycles. The molecular formula is C21H23N5O2. The van der Waals surface area contributed by atoms with Crippen LogP contribution in [0.4, 0.5) is 5.69 Å². The van der Waals surface area contributed by atoms with Gasteiger partial charge in [-0.25, -0.2) is 0 Å². The summed E-state index contributed by atoms with van der Waals surface area (Å²) in [5, 5.41) is 3.40. The number of rotatable bonds is 6. The van der Waals surface area contributed by atoms with E-state index in [4.69, 9.17) is 4.74 Å². The van der Waals surface area contributed by atoms with E-state index in [0.717, 1.165) is 35.9 Å². The van der Waals surface area contributed by atoms with E-state index in [2.05, 4.69) is 20.2 Å². The Bertz CT molecular complexity index is 937. The number of pyridine rings is 1. The molecule has 144 valence electrons. The molecule has 3 heterocycles. The summed E-state index contributed by atoms with van der Waals surface area (Å²) in [5.41, 5.74) is 2.39. The quantitative estimate of drug-likeness (QED) is 0.615. The number of ketones is 1. The maximum absolute atomic E-state index is 12.7. The maximum atomic E-state index is 12.7. The van der Waals surface area contributed by atoms with Gasteiger partial charge in [-0.1, -0.05) is 6.07 Å². The Balaban J connectivity index is 1.66. The zero-order valence-corrected chi connectivity index (χ0v) is 16.1. The van der Waals surface area contributed by atoms with Crippen LogP contribution >= 0.6 is 0 Å². The van der Waals surface area contributed by atoms with Gasteiger partial charge in [-0.15, -0.1) is 0 Å². The van der Waals surface area contributed by atoms with E-state index in [-0.39, 0.29) is 5.78 Å². The Hall–Kier alpha value is -3.19. The molecule has 0 atom stereocenters. The SMILES string of the molecule is CN(C)CCOc1cccc2c1N/C(=C\C(=O)c1cccnc1)N1CCN=C21. The van der Waals surface area contributed by atoms with Gasteiger partial charge in [0.15, 0.2) is 5.78 Å². The first-order valence-corrected chi connectivity index (χ1v) is 9.29. The van der Waals surface area contributed by atoms with Crippen LogP contribution in [0.15, 0.2) is 59.6 Å². The summed E-state index contributed by atoms with van der Waals surface area (Å²) in [6.07, 6.45) is 4.84. The van der Waals surface area contributed by atoms with Crippen molar-refractivity contribution in [1.29, 1.82) is 0 Å². The topological polar surface area (TPSA) is 70.1 Å². The van der Waals surface area contributed by atoms with Crippen LogP contribution in [0, 0.1) is 0 Å². The number of hydrogen-bond acceptors (Lipinski definition) is 7. The van der Waals surface area contributed by atoms with Crippen molar-refractivity contribution in [3.8, 4) is 5.75 Å². The summed E-state index contributed by atoms with van der Waals surface area (Å²) in [6.45, 7) is 2.83. The molecule has 2 aliphatic rings. The van der Waals surface area contributed by atoms with Crippen molar-refractivity contribution in [2.24, 2.45) is 4.99 Å². The lowest BCUT2D eigenvalue weighted by atomic mass is 10.1. The zero-order valence-electron chi connectivity index (χ0n) is 16.1. The van der Waals surface area contributed by atoms with Crippen molar-refractivity contribution in [2.45, 2.75) is 0 Å². The summed E-state index contributed by atoms with van der Waals surface area (Å²) in [4.78, 5) is 25.5. The second-order valence-corrected chi connectivity index (χ2v) is 6.95. The molecule has 4 rings (SSSR count). The molecular weight excluding hydrogens is 354 g/mol. The van der Waals surface area contributed by atoms with Crippen LogP contribution in [0.3, 0.4) is 0 Å². The van der Waals surface area contributed by atoms with Crippen molar-refractivity contribution >= 4 is 17.3 Å². The number of likely N-dealkylation sites (N-methyl/N-ethyl adjacent to an activating group) is 1. The van der Waals surface area contributed by atoms with Crippen LogP contribution in [-0.4, -0.2) is 66.7 Å². The fourth-order valence-corrected chi connectivity index (χ4v) is 3.24. The van der Waals surface area contributed by atoms with Gasteiger partial charge >= 0.3 is 0 Å². The largest absolute Gasteiger partial charge is 0.490 e. The Kier molecular flexibility index (Phi) is 5.08. The number of aromatic nitrogens is 1. The van der Waals surface area contributed by atoms with Crippen molar-refractivity contribution in [3.63, 3.8) is 0 Å². The third-order valence-corrected chi connectivity index (χ3v) is 4.66. The van der Waals surface area contributed by atoms with Crippen LogP contribution in [0.2, 0.25) is 0 Å². The lowest BCUT2D eigenvalue weighted by Crippen LogP contribution is -2.36. The molecule has 0 fully saturated rings. The van der Waals surface area contributed by atoms with Crippen LogP contribution in [0.25, 0.3) is 0 Å². The molecule has 1 aromatic heterocycles. The summed E-state index contributed by atoms with van der Waals surface area (Å²) in [7, 11) is 4.02. The zero-order chi connectivity index (χ0) is 19.5. The average Bonchev–Trinajstić information content (AvgIpc) is 3.19. The van der Waals surface area contributed by atoms with E-state index in [1.807, 2.05) is 37.2 Å². The second kappa shape index (κ2) is 7.82. The molecule has 28 heavy (non-hydrogen) atoms. The van der Waals surface area contributed by atoms with Crippen LogP contribution in [0.5, 0.6) is 5.75 Å². The highest BCUT2D eigenvalue weighted by Crippen LogP contribution is 2.37. The van der Waals surface area contributed by atoms with Crippen molar-refractivity contribution in [1.82, 2.24) is 14.8 Å². The first kappa shape index (κ1) is 18.2. The van der Waals surface area contributed by atoms with E-state index in [9.17, 15) is 4.79 Å². The minimum Gasteiger partial charge on any atom is -0.490 e. The molecule has 0 bridgehead atoms. The molecule has 1 N–H and O–H groups in total. The lowest BCUT2D eigenvalue weighted by Gasteiger charge is -2.32. The molecule has 0 saturated heterocycles. The molecule has 7 heteroatoms. The number of anilines is 1. The van der Waals surface area contributed by atoms with Crippen LogP contribution in [0.1, 0.15) is 15.9 Å². The van der Waals surface area contributed by atoms with Gasteiger partial charge in [-0.05, 0) is 38.4 Å². The van der Waals surface area contributed by atoms with Crippen molar-refractivity contribution in [3.05, 3.63) is 65.7 Å². The highest BCUT2D eigenvalue weighted by Gasteiger charge is 2.31. The van der Waals surface area contributed by atoms with Gasteiger partial charge in [0.1, 0.15) is 24.0 Å². The number of fused-ring (bicyclic) bond motifs is 3. The van der Waals surface area contributed by atoms with E-state index in [1.165, 1.54) is 0 Å². The molecule has 1 aromatic carbocycles. The number of hydrogen-bond donors (Lipinski definition) is 1. The van der Waals surface area contributed by atoms with Gasteiger partial charge in [0, 0.05) is 42.7 Å². The molecule has 0 aliphatic carbocycles. The monoisotopic (exact) mass is 377 g/mol. The number of nitrogens with one attached hydrogen (secondary N) is 1. The van der Waals surface area contributed by atoms with E-state index in [1.54, 1.807) is 30.6 Å². The third-order valence-electron chi connectivity index (χ3n) is 4.66. The highest BCUT2D eigenvalue weighted by atomic mass is 16.5. The lowest BCUT2D eigenvalue weighted by molar-refractivity contribution is 0.104. The number of para-hydroxylation sites is 1. The predicted octanol–water partition coefficient (Wildman–Crippen LogP) is 2.23. The first-order valence-electron chi connectivity index (χ1n) is 9.29. The predicted molar refractivity (Wildman–Crippen MR) is 109 cm³/mol. The third kappa shape index (κ3) is 3.61. The number of allylic oxidation sites excluding steroid dienone is 1. The van der Waals surface area contributed by atoms with Gasteiger partial charge in [0.2, 0.25) is 0 Å². The minimum absolute atomic E-state index is 0.101. The summed E-state index contributed by atoms with van der Waals surface area (Å²) < 4.78 is 6.00. The van der Waals surface area contributed by atoms with Crippen LogP contribution < -0.4 is 10.1 Å². The molecule has 0 saturated carbocycles. The number of ether oxygens (including phenoxy) is 1. The van der Waals surface area contributed by atoms with E-state index in [0.29, 0.717) is 24.5 Å². The first-order chi connectivity index (χ1) is 13.6. The fraction of sp³-hybridized carbons (Fsp3) is 0.286. The van der Waals surface area contributed by atoms with Gasteiger partial charge in [0.05, 0.1) is 12.2 Å². The maximum Gasteiger partial charge on any atom is 0.191 e.